The van der Waals surface area contributed by atoms with Gasteiger partial charge >= 0.3 is 0 Å². The number of hydrogen-bond donors (Lipinski definition) is 1. The Morgan fingerprint density at radius 1 is 1.13 bits per heavy atom. The number of rotatable bonds is 4. The molecule has 0 aliphatic carbocycles. The van der Waals surface area contributed by atoms with Gasteiger partial charge in [0.1, 0.15) is 17.1 Å². The van der Waals surface area contributed by atoms with E-state index < -0.39 is 11.8 Å². The maximum absolute atomic E-state index is 14.8. The zero-order chi connectivity index (χ0) is 22.1. The molecule has 0 spiro atoms. The molecule has 2 saturated heterocycles. The molecule has 8 heteroatoms. The highest BCUT2D eigenvalue weighted by atomic mass is 32.1. The SMILES string of the molecule is COc1ccc(N2C(=O)C(=Cc3cc(F)c(N4CCCC4)cc3C)C(=O)NC2=S)cc1. The van der Waals surface area contributed by atoms with Gasteiger partial charge in [0.2, 0.25) is 0 Å². The summed E-state index contributed by atoms with van der Waals surface area (Å²) >= 11 is 5.22. The van der Waals surface area contributed by atoms with E-state index in [0.717, 1.165) is 31.5 Å². The summed E-state index contributed by atoms with van der Waals surface area (Å²) < 4.78 is 19.9. The first kappa shape index (κ1) is 21.0. The molecule has 0 saturated carbocycles. The molecular formula is C23H22FN3O3S. The van der Waals surface area contributed by atoms with Gasteiger partial charge in [0, 0.05) is 13.1 Å². The number of anilines is 2. The van der Waals surface area contributed by atoms with Crippen molar-refractivity contribution in [3.63, 3.8) is 0 Å². The van der Waals surface area contributed by atoms with Crippen molar-refractivity contribution < 1.29 is 18.7 Å². The lowest BCUT2D eigenvalue weighted by Crippen LogP contribution is -2.54. The van der Waals surface area contributed by atoms with Gasteiger partial charge in [-0.1, -0.05) is 0 Å². The first-order valence-electron chi connectivity index (χ1n) is 9.99. The summed E-state index contributed by atoms with van der Waals surface area (Å²) in [6, 6.07) is 9.89. The standard InChI is InChI=1S/C23H22FN3O3S/c1-14-11-20(26-9-3-4-10-26)19(24)13-15(14)12-18-21(28)25-23(31)27(22(18)29)16-5-7-17(30-2)8-6-16/h5-8,11-13H,3-4,9-10H2,1-2H3,(H,25,28,31). The average Bonchev–Trinajstić information content (AvgIpc) is 3.28. The number of thiocarbonyl (C=S) groups is 1. The molecule has 0 unspecified atom stereocenters. The normalized spacial score (nSPS) is 18.0. The topological polar surface area (TPSA) is 61.9 Å². The van der Waals surface area contributed by atoms with Crippen molar-refractivity contribution in [3.8, 4) is 5.75 Å². The van der Waals surface area contributed by atoms with Crippen LogP contribution < -0.4 is 19.9 Å². The first-order valence-corrected chi connectivity index (χ1v) is 10.4. The maximum Gasteiger partial charge on any atom is 0.270 e. The first-order chi connectivity index (χ1) is 14.9. The molecule has 2 fully saturated rings. The highest BCUT2D eigenvalue weighted by molar-refractivity contribution is 7.80. The van der Waals surface area contributed by atoms with Crippen molar-refractivity contribution in [1.29, 1.82) is 0 Å². The number of nitrogens with one attached hydrogen (secondary N) is 1. The average molecular weight is 440 g/mol. The minimum atomic E-state index is -0.608. The maximum atomic E-state index is 14.8. The van der Waals surface area contributed by atoms with Crippen LogP contribution in [0.2, 0.25) is 0 Å². The van der Waals surface area contributed by atoms with Gasteiger partial charge in [-0.25, -0.2) is 4.39 Å². The number of carbonyl (C=O) groups excluding carboxylic acids is 2. The van der Waals surface area contributed by atoms with Crippen LogP contribution in [0.4, 0.5) is 15.8 Å². The Kier molecular flexibility index (Phi) is 5.73. The molecule has 2 aliphatic rings. The quantitative estimate of drug-likeness (QED) is 0.448. The summed E-state index contributed by atoms with van der Waals surface area (Å²) in [6.07, 6.45) is 3.50. The monoisotopic (exact) mass is 439 g/mol. The Morgan fingerprint density at radius 2 is 1.81 bits per heavy atom. The molecule has 2 aliphatic heterocycles. The van der Waals surface area contributed by atoms with E-state index in [-0.39, 0.29) is 16.5 Å². The number of aryl methyl sites for hydroxylation is 1. The van der Waals surface area contributed by atoms with E-state index in [2.05, 4.69) is 5.32 Å². The van der Waals surface area contributed by atoms with E-state index >= 15 is 0 Å². The molecule has 31 heavy (non-hydrogen) atoms. The summed E-state index contributed by atoms with van der Waals surface area (Å²) in [5.41, 5.74) is 2.19. The Labute approximate surface area is 185 Å². The van der Waals surface area contributed by atoms with Gasteiger partial charge in [-0.3, -0.25) is 19.8 Å². The molecule has 0 radical (unpaired) electrons. The molecule has 4 rings (SSSR count). The van der Waals surface area contributed by atoms with Gasteiger partial charge < -0.3 is 9.64 Å². The fraction of sp³-hybridized carbons (Fsp3) is 0.261. The van der Waals surface area contributed by atoms with Crippen LogP contribution in [0.5, 0.6) is 5.75 Å². The lowest BCUT2D eigenvalue weighted by molar-refractivity contribution is -0.122. The van der Waals surface area contributed by atoms with E-state index in [9.17, 15) is 14.0 Å². The van der Waals surface area contributed by atoms with Crippen LogP contribution in [0.1, 0.15) is 24.0 Å². The third-order valence-electron chi connectivity index (χ3n) is 5.51. The van der Waals surface area contributed by atoms with Crippen LogP contribution in [0.25, 0.3) is 6.08 Å². The highest BCUT2D eigenvalue weighted by Crippen LogP contribution is 2.29. The second-order valence-electron chi connectivity index (χ2n) is 7.51. The number of halogens is 1. The zero-order valence-electron chi connectivity index (χ0n) is 17.3. The largest absolute Gasteiger partial charge is 0.497 e. The predicted molar refractivity (Wildman–Crippen MR) is 122 cm³/mol. The molecule has 2 aromatic carbocycles. The van der Waals surface area contributed by atoms with Crippen molar-refractivity contribution in [3.05, 3.63) is 58.9 Å². The molecule has 1 N–H and O–H groups in total. The second kappa shape index (κ2) is 8.47. The summed E-state index contributed by atoms with van der Waals surface area (Å²) in [5.74, 6) is -0.917. The molecular weight excluding hydrogens is 417 g/mol. The van der Waals surface area contributed by atoms with Crippen LogP contribution in [-0.2, 0) is 9.59 Å². The summed E-state index contributed by atoms with van der Waals surface area (Å²) in [6.45, 7) is 3.49. The van der Waals surface area contributed by atoms with Crippen molar-refractivity contribution in [2.75, 3.05) is 30.0 Å². The van der Waals surface area contributed by atoms with Gasteiger partial charge in [0.25, 0.3) is 11.8 Å². The third-order valence-corrected chi connectivity index (χ3v) is 5.80. The predicted octanol–water partition coefficient (Wildman–Crippen LogP) is 3.57. The Morgan fingerprint density at radius 3 is 2.45 bits per heavy atom. The lowest BCUT2D eigenvalue weighted by atomic mass is 10.0. The van der Waals surface area contributed by atoms with Crippen LogP contribution in [-0.4, -0.2) is 37.1 Å². The number of ether oxygens (including phenoxy) is 1. The van der Waals surface area contributed by atoms with Crippen molar-refractivity contribution >= 4 is 46.6 Å². The second-order valence-corrected chi connectivity index (χ2v) is 7.90. The van der Waals surface area contributed by atoms with E-state index in [4.69, 9.17) is 17.0 Å². The number of hydrogen-bond acceptors (Lipinski definition) is 5. The van der Waals surface area contributed by atoms with Gasteiger partial charge in [-0.15, -0.1) is 0 Å². The van der Waals surface area contributed by atoms with Crippen LogP contribution in [0, 0.1) is 12.7 Å². The van der Waals surface area contributed by atoms with Crippen molar-refractivity contribution in [2.45, 2.75) is 19.8 Å². The number of benzene rings is 2. The number of amides is 2. The van der Waals surface area contributed by atoms with E-state index in [1.807, 2.05) is 11.8 Å². The Hall–Kier alpha value is -3.26. The Bertz CT molecular complexity index is 1090. The summed E-state index contributed by atoms with van der Waals surface area (Å²) in [7, 11) is 1.54. The fourth-order valence-corrected chi connectivity index (χ4v) is 4.10. The van der Waals surface area contributed by atoms with E-state index in [0.29, 0.717) is 22.7 Å². The molecule has 0 atom stereocenters. The van der Waals surface area contributed by atoms with Gasteiger partial charge in [0.05, 0.1) is 18.5 Å². The van der Waals surface area contributed by atoms with Crippen LogP contribution in [0.3, 0.4) is 0 Å². The van der Waals surface area contributed by atoms with Crippen molar-refractivity contribution in [1.82, 2.24) is 5.32 Å². The lowest BCUT2D eigenvalue weighted by Gasteiger charge is -2.29. The van der Waals surface area contributed by atoms with E-state index in [1.54, 1.807) is 37.4 Å². The van der Waals surface area contributed by atoms with E-state index in [1.165, 1.54) is 17.0 Å². The third kappa shape index (κ3) is 4.03. The molecule has 2 heterocycles. The van der Waals surface area contributed by atoms with Crippen LogP contribution in [0.15, 0.2) is 42.0 Å². The zero-order valence-corrected chi connectivity index (χ0v) is 18.1. The fourth-order valence-electron chi connectivity index (χ4n) is 3.82. The number of nitrogens with zero attached hydrogens (tertiary/aromatic N) is 2. The summed E-state index contributed by atoms with van der Waals surface area (Å²) in [4.78, 5) is 28.9. The number of methoxy groups -OCH3 is 1. The number of carbonyl (C=O) groups is 2. The molecule has 2 amide bonds. The van der Waals surface area contributed by atoms with Crippen LogP contribution >= 0.6 is 12.2 Å². The molecule has 0 bridgehead atoms. The minimum absolute atomic E-state index is 0.00963. The van der Waals surface area contributed by atoms with Crippen molar-refractivity contribution in [2.24, 2.45) is 0 Å². The van der Waals surface area contributed by atoms with Gasteiger partial charge in [-0.05, 0) is 85.6 Å². The van der Waals surface area contributed by atoms with Gasteiger partial charge in [0.15, 0.2) is 5.11 Å². The highest BCUT2D eigenvalue weighted by Gasteiger charge is 2.34. The smallest absolute Gasteiger partial charge is 0.270 e. The molecule has 2 aromatic rings. The molecule has 6 nitrogen and oxygen atoms in total. The summed E-state index contributed by atoms with van der Waals surface area (Å²) in [5, 5.41) is 2.53. The molecule has 0 aromatic heterocycles. The van der Waals surface area contributed by atoms with Gasteiger partial charge in [-0.2, -0.15) is 0 Å². The Balaban J connectivity index is 1.69. The molecule has 160 valence electrons. The minimum Gasteiger partial charge on any atom is -0.497 e.